The topological polar surface area (TPSA) is 47.3 Å². The molecule has 0 bridgehead atoms. The van der Waals surface area contributed by atoms with Gasteiger partial charge in [0.2, 0.25) is 5.91 Å². The van der Waals surface area contributed by atoms with E-state index in [0.717, 1.165) is 0 Å². The molecule has 1 unspecified atom stereocenters. The molecule has 1 fully saturated rings. The lowest BCUT2D eigenvalue weighted by Gasteiger charge is -2.41. The van der Waals surface area contributed by atoms with Crippen molar-refractivity contribution in [2.45, 2.75) is 26.1 Å². The van der Waals surface area contributed by atoms with Gasteiger partial charge in [0.25, 0.3) is 0 Å². The van der Waals surface area contributed by atoms with Crippen LogP contribution in [0.5, 0.6) is 0 Å². The highest BCUT2D eigenvalue weighted by Crippen LogP contribution is 2.38. The quantitative estimate of drug-likeness (QED) is 0.851. The SMILES string of the molecule is CC(C)(C#N)C(=O)N1CCN(C(c2ccccc2)C(F)(F)F)CC1. The number of piperazine rings is 1. The van der Waals surface area contributed by atoms with Gasteiger partial charge < -0.3 is 4.90 Å². The Kier molecular flexibility index (Phi) is 5.19. The minimum absolute atomic E-state index is 0.117. The van der Waals surface area contributed by atoms with Crippen molar-refractivity contribution in [2.24, 2.45) is 5.41 Å². The first-order chi connectivity index (χ1) is 11.2. The Morgan fingerprint density at radius 2 is 1.67 bits per heavy atom. The Morgan fingerprint density at radius 1 is 1.12 bits per heavy atom. The predicted octanol–water partition coefficient (Wildman–Crippen LogP) is 2.98. The normalized spacial score (nSPS) is 18.1. The van der Waals surface area contributed by atoms with E-state index in [1.165, 1.54) is 35.8 Å². The van der Waals surface area contributed by atoms with Gasteiger partial charge in [-0.25, -0.2) is 0 Å². The van der Waals surface area contributed by atoms with Gasteiger partial charge in [0.1, 0.15) is 11.5 Å². The number of nitriles is 1. The molecule has 0 N–H and O–H groups in total. The van der Waals surface area contributed by atoms with Crippen LogP contribution in [0.15, 0.2) is 30.3 Å². The maximum absolute atomic E-state index is 13.5. The van der Waals surface area contributed by atoms with E-state index in [0.29, 0.717) is 0 Å². The van der Waals surface area contributed by atoms with Crippen LogP contribution in [0.1, 0.15) is 25.5 Å². The largest absolute Gasteiger partial charge is 0.408 e. The van der Waals surface area contributed by atoms with Gasteiger partial charge in [0.15, 0.2) is 0 Å². The highest BCUT2D eigenvalue weighted by Gasteiger charge is 2.46. The summed E-state index contributed by atoms with van der Waals surface area (Å²) in [7, 11) is 0. The van der Waals surface area contributed by atoms with Gasteiger partial charge in [-0.2, -0.15) is 18.4 Å². The molecule has 0 aromatic heterocycles. The van der Waals surface area contributed by atoms with E-state index < -0.39 is 17.6 Å². The van der Waals surface area contributed by atoms with E-state index in [-0.39, 0.29) is 37.6 Å². The molecule has 2 rings (SSSR count). The Bertz CT molecular complexity index is 614. The number of amides is 1. The molecule has 7 heteroatoms. The summed E-state index contributed by atoms with van der Waals surface area (Å²) in [5.74, 6) is -0.340. The minimum atomic E-state index is -4.39. The van der Waals surface area contributed by atoms with Gasteiger partial charge in [0.05, 0.1) is 6.07 Å². The van der Waals surface area contributed by atoms with Crippen LogP contribution in [-0.4, -0.2) is 48.1 Å². The standard InChI is InChI=1S/C17H20F3N3O/c1-16(2,12-21)15(24)23-10-8-22(9-11-23)14(17(18,19)20)13-6-4-3-5-7-13/h3-7,14H,8-11H2,1-2H3. The minimum Gasteiger partial charge on any atom is -0.339 e. The van der Waals surface area contributed by atoms with Crippen LogP contribution in [-0.2, 0) is 4.79 Å². The van der Waals surface area contributed by atoms with Gasteiger partial charge in [-0.15, -0.1) is 0 Å². The average molecular weight is 339 g/mol. The van der Waals surface area contributed by atoms with Crippen LogP contribution >= 0.6 is 0 Å². The molecule has 0 spiro atoms. The third-order valence-electron chi connectivity index (χ3n) is 4.21. The third-order valence-corrected chi connectivity index (χ3v) is 4.21. The number of hydrogen-bond acceptors (Lipinski definition) is 3. The summed E-state index contributed by atoms with van der Waals surface area (Å²) in [6.45, 7) is 3.64. The molecular weight excluding hydrogens is 319 g/mol. The van der Waals surface area contributed by atoms with Crippen molar-refractivity contribution in [2.75, 3.05) is 26.2 Å². The van der Waals surface area contributed by atoms with Gasteiger partial charge in [0, 0.05) is 26.2 Å². The van der Waals surface area contributed by atoms with Crippen molar-refractivity contribution in [1.29, 1.82) is 5.26 Å². The Labute approximate surface area is 139 Å². The molecular formula is C17H20F3N3O. The van der Waals surface area contributed by atoms with E-state index in [2.05, 4.69) is 0 Å². The van der Waals surface area contributed by atoms with Crippen LogP contribution in [0.25, 0.3) is 0 Å². The number of halogens is 3. The summed E-state index contributed by atoms with van der Waals surface area (Å²) in [6, 6.07) is 8.04. The van der Waals surface area contributed by atoms with Gasteiger partial charge >= 0.3 is 6.18 Å². The number of alkyl halides is 3. The van der Waals surface area contributed by atoms with E-state index in [9.17, 15) is 18.0 Å². The summed E-state index contributed by atoms with van der Waals surface area (Å²) in [5.41, 5.74) is -0.965. The Morgan fingerprint density at radius 3 is 2.12 bits per heavy atom. The number of benzene rings is 1. The van der Waals surface area contributed by atoms with Crippen molar-refractivity contribution in [1.82, 2.24) is 9.80 Å². The molecule has 0 radical (unpaired) electrons. The first-order valence-electron chi connectivity index (χ1n) is 7.73. The zero-order valence-corrected chi connectivity index (χ0v) is 13.7. The highest BCUT2D eigenvalue weighted by molar-refractivity contribution is 5.84. The fourth-order valence-electron chi connectivity index (χ4n) is 2.87. The number of rotatable bonds is 3. The molecule has 1 heterocycles. The van der Waals surface area contributed by atoms with Crippen molar-refractivity contribution in [3.8, 4) is 6.07 Å². The van der Waals surface area contributed by atoms with Crippen molar-refractivity contribution >= 4 is 5.91 Å². The maximum atomic E-state index is 13.5. The number of carbonyl (C=O) groups excluding carboxylic acids is 1. The van der Waals surface area contributed by atoms with E-state index in [1.54, 1.807) is 18.2 Å². The zero-order valence-electron chi connectivity index (χ0n) is 13.7. The number of carbonyl (C=O) groups is 1. The lowest BCUT2D eigenvalue weighted by Crippen LogP contribution is -2.54. The van der Waals surface area contributed by atoms with E-state index in [1.807, 2.05) is 6.07 Å². The monoisotopic (exact) mass is 339 g/mol. The second kappa shape index (κ2) is 6.81. The first kappa shape index (κ1) is 18.3. The third kappa shape index (κ3) is 3.88. The average Bonchev–Trinajstić information content (AvgIpc) is 2.54. The smallest absolute Gasteiger partial charge is 0.339 e. The molecule has 1 saturated heterocycles. The molecule has 130 valence electrons. The molecule has 1 atom stereocenters. The van der Waals surface area contributed by atoms with Crippen LogP contribution in [0, 0.1) is 16.7 Å². The summed E-state index contributed by atoms with van der Waals surface area (Å²) in [5, 5.41) is 9.03. The molecule has 1 aliphatic rings. The summed E-state index contributed by atoms with van der Waals surface area (Å²) < 4.78 is 40.6. The number of nitrogens with zero attached hydrogens (tertiary/aromatic N) is 3. The molecule has 0 aliphatic carbocycles. The van der Waals surface area contributed by atoms with Crippen LogP contribution in [0.3, 0.4) is 0 Å². The highest BCUT2D eigenvalue weighted by atomic mass is 19.4. The Hall–Kier alpha value is -2.07. The molecule has 4 nitrogen and oxygen atoms in total. The predicted molar refractivity (Wildman–Crippen MR) is 82.8 cm³/mol. The summed E-state index contributed by atoms with van der Waals surface area (Å²) in [4.78, 5) is 15.1. The van der Waals surface area contributed by atoms with Crippen molar-refractivity contribution in [3.05, 3.63) is 35.9 Å². The van der Waals surface area contributed by atoms with Gasteiger partial charge in [-0.3, -0.25) is 9.69 Å². The van der Waals surface area contributed by atoms with Crippen LogP contribution < -0.4 is 0 Å². The fraction of sp³-hybridized carbons (Fsp3) is 0.529. The maximum Gasteiger partial charge on any atom is 0.408 e. The number of hydrogen-bond donors (Lipinski definition) is 0. The van der Waals surface area contributed by atoms with Gasteiger partial charge in [-0.05, 0) is 19.4 Å². The summed E-state index contributed by atoms with van der Waals surface area (Å²) in [6.07, 6.45) is -4.39. The molecule has 1 aromatic rings. The lowest BCUT2D eigenvalue weighted by molar-refractivity contribution is -0.191. The second-order valence-corrected chi connectivity index (χ2v) is 6.42. The first-order valence-corrected chi connectivity index (χ1v) is 7.73. The van der Waals surface area contributed by atoms with Crippen LogP contribution in [0.4, 0.5) is 13.2 Å². The van der Waals surface area contributed by atoms with E-state index >= 15 is 0 Å². The van der Waals surface area contributed by atoms with E-state index in [4.69, 9.17) is 5.26 Å². The fourth-order valence-corrected chi connectivity index (χ4v) is 2.87. The molecule has 1 aliphatic heterocycles. The molecule has 1 aromatic carbocycles. The second-order valence-electron chi connectivity index (χ2n) is 6.42. The lowest BCUT2D eigenvalue weighted by atomic mass is 9.93. The summed E-state index contributed by atoms with van der Waals surface area (Å²) >= 11 is 0. The molecule has 1 amide bonds. The van der Waals surface area contributed by atoms with Crippen molar-refractivity contribution in [3.63, 3.8) is 0 Å². The van der Waals surface area contributed by atoms with Crippen molar-refractivity contribution < 1.29 is 18.0 Å². The van der Waals surface area contributed by atoms with Crippen LogP contribution in [0.2, 0.25) is 0 Å². The molecule has 0 saturated carbocycles. The Balaban J connectivity index is 2.12. The molecule has 24 heavy (non-hydrogen) atoms. The zero-order chi connectivity index (χ0) is 18.0. The van der Waals surface area contributed by atoms with Gasteiger partial charge in [-0.1, -0.05) is 30.3 Å².